The molecule has 0 bridgehead atoms. The fourth-order valence-corrected chi connectivity index (χ4v) is 4.75. The van der Waals surface area contributed by atoms with E-state index in [4.69, 9.17) is 11.6 Å². The first-order valence-corrected chi connectivity index (χ1v) is 8.64. The molecule has 0 spiro atoms. The minimum Gasteiger partial charge on any atom is -0.313 e. The van der Waals surface area contributed by atoms with E-state index in [2.05, 4.69) is 26.0 Å². The van der Waals surface area contributed by atoms with E-state index in [0.29, 0.717) is 27.9 Å². The fourth-order valence-electron chi connectivity index (χ4n) is 1.28. The van der Waals surface area contributed by atoms with E-state index in [1.54, 1.807) is 0 Å². The zero-order valence-electron chi connectivity index (χ0n) is 8.87. The van der Waals surface area contributed by atoms with Gasteiger partial charge in [-0.15, -0.1) is 11.3 Å². The fraction of sp³-hybridized carbons (Fsp3) is 0.556. The Morgan fingerprint density at radius 3 is 2.71 bits per heavy atom. The standard InChI is InChI=1S/C9H12BrClN2O2S2/c10-9-7(11)5-8(16-9)17(14,15)13-4-3-12-6-1-2-6/h5-6,12-13H,1-4H2. The van der Waals surface area contributed by atoms with Gasteiger partial charge in [-0.1, -0.05) is 11.6 Å². The molecular formula is C9H12BrClN2O2S2. The van der Waals surface area contributed by atoms with Crippen molar-refractivity contribution in [1.29, 1.82) is 0 Å². The molecule has 4 nitrogen and oxygen atoms in total. The van der Waals surface area contributed by atoms with Crippen molar-refractivity contribution in [3.63, 3.8) is 0 Å². The maximum atomic E-state index is 11.9. The summed E-state index contributed by atoms with van der Waals surface area (Å²) in [7, 11) is -3.43. The molecule has 1 aliphatic rings. The van der Waals surface area contributed by atoms with Crippen LogP contribution in [-0.2, 0) is 10.0 Å². The molecule has 0 aromatic carbocycles. The Hall–Kier alpha value is 0.340. The van der Waals surface area contributed by atoms with Gasteiger partial charge in [-0.05, 0) is 34.8 Å². The molecule has 0 atom stereocenters. The minimum absolute atomic E-state index is 0.237. The first-order valence-electron chi connectivity index (χ1n) is 5.17. The van der Waals surface area contributed by atoms with Crippen molar-refractivity contribution < 1.29 is 8.42 Å². The predicted octanol–water partition coefficient (Wildman–Crippen LogP) is 2.19. The molecule has 17 heavy (non-hydrogen) atoms. The van der Waals surface area contributed by atoms with Crippen molar-refractivity contribution in [3.8, 4) is 0 Å². The molecule has 0 radical (unpaired) electrons. The number of hydrogen-bond donors (Lipinski definition) is 2. The van der Waals surface area contributed by atoms with E-state index in [-0.39, 0.29) is 4.21 Å². The van der Waals surface area contributed by atoms with Crippen LogP contribution >= 0.6 is 38.9 Å². The largest absolute Gasteiger partial charge is 0.313 e. The van der Waals surface area contributed by atoms with Gasteiger partial charge in [-0.25, -0.2) is 13.1 Å². The molecule has 1 aromatic heterocycles. The van der Waals surface area contributed by atoms with Crippen LogP contribution in [0.1, 0.15) is 12.8 Å². The van der Waals surface area contributed by atoms with Crippen LogP contribution in [0.15, 0.2) is 14.1 Å². The third-order valence-electron chi connectivity index (χ3n) is 2.31. The number of nitrogens with one attached hydrogen (secondary N) is 2. The molecule has 1 saturated carbocycles. The zero-order valence-corrected chi connectivity index (χ0v) is 12.8. The molecule has 1 aliphatic carbocycles. The van der Waals surface area contributed by atoms with Gasteiger partial charge in [0.2, 0.25) is 10.0 Å². The highest BCUT2D eigenvalue weighted by molar-refractivity contribution is 9.11. The molecule has 2 N–H and O–H groups in total. The predicted molar refractivity (Wildman–Crippen MR) is 73.2 cm³/mol. The quantitative estimate of drug-likeness (QED) is 0.766. The lowest BCUT2D eigenvalue weighted by molar-refractivity contribution is 0.577. The Labute approximate surface area is 118 Å². The smallest absolute Gasteiger partial charge is 0.250 e. The number of rotatable bonds is 6. The van der Waals surface area contributed by atoms with Crippen LogP contribution < -0.4 is 10.0 Å². The van der Waals surface area contributed by atoms with Crippen LogP contribution in [0.4, 0.5) is 0 Å². The first-order chi connectivity index (χ1) is 7.99. The molecule has 0 unspecified atom stereocenters. The summed E-state index contributed by atoms with van der Waals surface area (Å²) in [5.41, 5.74) is 0. The van der Waals surface area contributed by atoms with Gasteiger partial charge < -0.3 is 5.32 Å². The van der Waals surface area contributed by atoms with Gasteiger partial charge in [0.15, 0.2) is 0 Å². The van der Waals surface area contributed by atoms with Crippen LogP contribution in [0, 0.1) is 0 Å². The third-order valence-corrected chi connectivity index (χ3v) is 6.72. The summed E-state index contributed by atoms with van der Waals surface area (Å²) in [6.45, 7) is 1.05. The molecule has 0 aliphatic heterocycles. The van der Waals surface area contributed by atoms with E-state index < -0.39 is 10.0 Å². The summed E-state index contributed by atoms with van der Waals surface area (Å²) in [6.07, 6.45) is 2.39. The van der Waals surface area contributed by atoms with Crippen molar-refractivity contribution in [2.45, 2.75) is 23.1 Å². The normalized spacial score (nSPS) is 16.4. The Balaban J connectivity index is 1.88. The van der Waals surface area contributed by atoms with Gasteiger partial charge in [-0.3, -0.25) is 0 Å². The molecule has 2 rings (SSSR count). The van der Waals surface area contributed by atoms with Crippen molar-refractivity contribution in [1.82, 2.24) is 10.0 Å². The number of sulfonamides is 1. The minimum atomic E-state index is -3.43. The summed E-state index contributed by atoms with van der Waals surface area (Å²) < 4.78 is 27.1. The van der Waals surface area contributed by atoms with Crippen LogP contribution in [0.5, 0.6) is 0 Å². The van der Waals surface area contributed by atoms with Crippen LogP contribution in [0.2, 0.25) is 5.02 Å². The Morgan fingerprint density at radius 1 is 1.47 bits per heavy atom. The number of hydrogen-bond acceptors (Lipinski definition) is 4. The highest BCUT2D eigenvalue weighted by Gasteiger charge is 2.21. The van der Waals surface area contributed by atoms with Crippen molar-refractivity contribution in [2.75, 3.05) is 13.1 Å². The van der Waals surface area contributed by atoms with Gasteiger partial charge in [0, 0.05) is 19.1 Å². The van der Waals surface area contributed by atoms with E-state index in [1.807, 2.05) is 0 Å². The van der Waals surface area contributed by atoms with Crippen molar-refractivity contribution in [2.24, 2.45) is 0 Å². The molecular weight excluding hydrogens is 348 g/mol. The molecule has 0 saturated heterocycles. The molecule has 1 aromatic rings. The van der Waals surface area contributed by atoms with E-state index in [9.17, 15) is 8.42 Å². The highest BCUT2D eigenvalue weighted by atomic mass is 79.9. The summed E-state index contributed by atoms with van der Waals surface area (Å²) in [6, 6.07) is 2.04. The molecule has 0 amide bonds. The summed E-state index contributed by atoms with van der Waals surface area (Å²) in [4.78, 5) is 0. The van der Waals surface area contributed by atoms with Crippen LogP contribution in [0.25, 0.3) is 0 Å². The Kier molecular flexibility index (Phi) is 4.49. The lowest BCUT2D eigenvalue weighted by Gasteiger charge is -2.05. The summed E-state index contributed by atoms with van der Waals surface area (Å²) in [5.74, 6) is 0. The first kappa shape index (κ1) is 13.8. The monoisotopic (exact) mass is 358 g/mol. The van der Waals surface area contributed by atoms with E-state index in [0.717, 1.165) is 11.3 Å². The second-order valence-corrected chi connectivity index (χ2v) is 8.58. The van der Waals surface area contributed by atoms with Crippen LogP contribution in [-0.4, -0.2) is 27.5 Å². The lowest BCUT2D eigenvalue weighted by Crippen LogP contribution is -2.32. The average Bonchev–Trinajstić information content (AvgIpc) is 3.01. The summed E-state index contributed by atoms with van der Waals surface area (Å²) >= 11 is 10.1. The topological polar surface area (TPSA) is 58.2 Å². The van der Waals surface area contributed by atoms with E-state index in [1.165, 1.54) is 18.9 Å². The maximum absolute atomic E-state index is 11.9. The zero-order chi connectivity index (χ0) is 12.5. The highest BCUT2D eigenvalue weighted by Crippen LogP contribution is 2.34. The van der Waals surface area contributed by atoms with Gasteiger partial charge in [0.25, 0.3) is 0 Å². The molecule has 1 fully saturated rings. The van der Waals surface area contributed by atoms with Gasteiger partial charge >= 0.3 is 0 Å². The SMILES string of the molecule is O=S(=O)(NCCNC1CC1)c1cc(Cl)c(Br)s1. The third kappa shape index (κ3) is 3.90. The Bertz CT molecular complexity index is 480. The number of halogens is 2. The van der Waals surface area contributed by atoms with Crippen LogP contribution in [0.3, 0.4) is 0 Å². The second-order valence-electron chi connectivity index (χ2n) is 3.81. The van der Waals surface area contributed by atoms with E-state index >= 15 is 0 Å². The van der Waals surface area contributed by atoms with Crippen molar-refractivity contribution in [3.05, 3.63) is 14.9 Å². The summed E-state index contributed by atoms with van der Waals surface area (Å²) in [5, 5.41) is 3.66. The number of thiophene rings is 1. The molecule has 1 heterocycles. The van der Waals surface area contributed by atoms with Crippen molar-refractivity contribution >= 4 is 48.9 Å². The molecule has 8 heteroatoms. The van der Waals surface area contributed by atoms with Gasteiger partial charge in [0.05, 0.1) is 8.81 Å². The van der Waals surface area contributed by atoms with Gasteiger partial charge in [0.1, 0.15) is 4.21 Å². The second kappa shape index (κ2) is 5.54. The Morgan fingerprint density at radius 2 is 2.18 bits per heavy atom. The average molecular weight is 360 g/mol. The lowest BCUT2D eigenvalue weighted by atomic mass is 10.6. The maximum Gasteiger partial charge on any atom is 0.250 e. The molecule has 96 valence electrons. The van der Waals surface area contributed by atoms with Gasteiger partial charge in [-0.2, -0.15) is 0 Å².